The maximum Gasteiger partial charge on any atom is 0.165 e. The number of halogens is 1. The van der Waals surface area contributed by atoms with E-state index < -0.39 is 5.82 Å². The van der Waals surface area contributed by atoms with E-state index in [4.69, 9.17) is 9.47 Å². The summed E-state index contributed by atoms with van der Waals surface area (Å²) >= 11 is 0. The minimum Gasteiger partial charge on any atom is -0.488 e. The zero-order valence-electron chi connectivity index (χ0n) is 18.5. The van der Waals surface area contributed by atoms with Crippen molar-refractivity contribution >= 4 is 11.5 Å². The van der Waals surface area contributed by atoms with Crippen LogP contribution in [0.15, 0.2) is 60.4 Å². The van der Waals surface area contributed by atoms with Gasteiger partial charge in [0.25, 0.3) is 0 Å². The molecule has 0 aliphatic carbocycles. The van der Waals surface area contributed by atoms with Gasteiger partial charge >= 0.3 is 0 Å². The molecule has 32 heavy (non-hydrogen) atoms. The van der Waals surface area contributed by atoms with Crippen molar-refractivity contribution in [3.63, 3.8) is 0 Å². The summed E-state index contributed by atoms with van der Waals surface area (Å²) < 4.78 is 27.9. The van der Waals surface area contributed by atoms with Gasteiger partial charge in [0.2, 0.25) is 0 Å². The van der Waals surface area contributed by atoms with E-state index >= 15 is 0 Å². The fourth-order valence-electron chi connectivity index (χ4n) is 3.05. The first kappa shape index (κ1) is 23.0. The summed E-state index contributed by atoms with van der Waals surface area (Å²) in [6.45, 7) is 10.6. The first-order valence-electron chi connectivity index (χ1n) is 10.5. The number of aromatic nitrogens is 2. The number of anilines is 1. The van der Waals surface area contributed by atoms with E-state index in [-0.39, 0.29) is 18.4 Å². The first-order chi connectivity index (χ1) is 15.4. The lowest BCUT2D eigenvalue weighted by Gasteiger charge is -2.18. The first-order valence-corrected chi connectivity index (χ1v) is 10.5. The third-order valence-corrected chi connectivity index (χ3v) is 4.82. The standard InChI is InChI=1S/C24H27FN4O3/c1-5-19(15-26-30)31-20-12-18(17(4)27-24-9-10-29(6-2)28-24)13-21(14-20)32-23-8-7-16(3)11-22(23)25/h7-14,19H,4-6,15H2,1-3H3,(H,27,28). The zero-order valence-corrected chi connectivity index (χ0v) is 18.5. The summed E-state index contributed by atoms with van der Waals surface area (Å²) in [5, 5.41) is 10.5. The lowest BCUT2D eigenvalue weighted by molar-refractivity contribution is 0.205. The van der Waals surface area contributed by atoms with Crippen molar-refractivity contribution in [1.29, 1.82) is 0 Å². The molecule has 0 saturated carbocycles. The van der Waals surface area contributed by atoms with Gasteiger partial charge < -0.3 is 14.8 Å². The van der Waals surface area contributed by atoms with Crippen LogP contribution in [0.25, 0.3) is 5.70 Å². The van der Waals surface area contributed by atoms with E-state index in [0.29, 0.717) is 35.0 Å². The Bertz CT molecular complexity index is 1100. The Hall–Kier alpha value is -3.68. The molecule has 7 nitrogen and oxygen atoms in total. The quantitative estimate of drug-likeness (QED) is 0.363. The number of ether oxygens (including phenoxy) is 2. The average molecular weight is 439 g/mol. The number of hydrogen-bond acceptors (Lipinski definition) is 6. The molecule has 0 radical (unpaired) electrons. The minimum atomic E-state index is -0.462. The average Bonchev–Trinajstić information content (AvgIpc) is 3.23. The number of rotatable bonds is 11. The van der Waals surface area contributed by atoms with Crippen molar-refractivity contribution in [2.24, 2.45) is 5.18 Å². The molecule has 1 aromatic heterocycles. The maximum absolute atomic E-state index is 14.3. The molecule has 3 aromatic rings. The van der Waals surface area contributed by atoms with Crippen LogP contribution in [-0.4, -0.2) is 22.4 Å². The van der Waals surface area contributed by atoms with Gasteiger partial charge in [-0.25, -0.2) is 4.39 Å². The lowest BCUT2D eigenvalue weighted by Crippen LogP contribution is -2.18. The van der Waals surface area contributed by atoms with Gasteiger partial charge in [0, 0.05) is 36.1 Å². The van der Waals surface area contributed by atoms with Crippen molar-refractivity contribution in [1.82, 2.24) is 9.78 Å². The van der Waals surface area contributed by atoms with Crippen LogP contribution in [0.2, 0.25) is 0 Å². The molecule has 0 bridgehead atoms. The van der Waals surface area contributed by atoms with Crippen molar-refractivity contribution in [3.05, 3.63) is 77.1 Å². The molecule has 1 N–H and O–H groups in total. The van der Waals surface area contributed by atoms with E-state index in [2.05, 4.69) is 22.2 Å². The Kier molecular flexibility index (Phi) is 7.59. The van der Waals surface area contributed by atoms with Crippen LogP contribution in [-0.2, 0) is 6.54 Å². The highest BCUT2D eigenvalue weighted by molar-refractivity contribution is 5.75. The summed E-state index contributed by atoms with van der Waals surface area (Å²) in [5.74, 6) is 1.11. The van der Waals surface area contributed by atoms with Gasteiger partial charge in [-0.2, -0.15) is 10.0 Å². The summed E-state index contributed by atoms with van der Waals surface area (Å²) in [6, 6.07) is 11.8. The molecular formula is C24H27FN4O3. The van der Waals surface area contributed by atoms with Crippen LogP contribution in [0.1, 0.15) is 31.4 Å². The molecule has 1 unspecified atom stereocenters. The van der Waals surface area contributed by atoms with Gasteiger partial charge in [-0.05, 0) is 50.1 Å². The molecule has 0 fully saturated rings. The molecule has 0 aliphatic rings. The number of hydrogen-bond donors (Lipinski definition) is 1. The Labute approximate surface area is 186 Å². The number of nitrogens with zero attached hydrogens (tertiary/aromatic N) is 3. The maximum atomic E-state index is 14.3. The van der Waals surface area contributed by atoms with Crippen molar-refractivity contribution in [2.45, 2.75) is 39.8 Å². The number of benzene rings is 2. The Morgan fingerprint density at radius 1 is 1.22 bits per heavy atom. The molecule has 2 aromatic carbocycles. The second kappa shape index (κ2) is 10.6. The lowest BCUT2D eigenvalue weighted by atomic mass is 10.1. The molecule has 1 heterocycles. The molecule has 0 spiro atoms. The topological polar surface area (TPSA) is 77.7 Å². The fraction of sp³-hybridized carbons (Fsp3) is 0.292. The van der Waals surface area contributed by atoms with Crippen molar-refractivity contribution in [2.75, 3.05) is 11.9 Å². The number of nitroso groups, excluding NO2 is 1. The molecule has 1 atom stereocenters. The highest BCUT2D eigenvalue weighted by atomic mass is 19.1. The number of nitrogens with one attached hydrogen (secondary N) is 1. The SMILES string of the molecule is C=C(Nc1ccn(CC)n1)c1cc(Oc2ccc(C)cc2F)cc(OC(CC)CN=O)c1. The summed E-state index contributed by atoms with van der Waals surface area (Å²) in [4.78, 5) is 10.7. The van der Waals surface area contributed by atoms with Crippen molar-refractivity contribution in [3.8, 4) is 17.2 Å². The smallest absolute Gasteiger partial charge is 0.165 e. The van der Waals surface area contributed by atoms with E-state index in [1.807, 2.05) is 26.1 Å². The summed E-state index contributed by atoms with van der Waals surface area (Å²) in [6.07, 6.45) is 2.09. The molecule has 168 valence electrons. The predicted octanol–water partition coefficient (Wildman–Crippen LogP) is 6.15. The summed E-state index contributed by atoms with van der Waals surface area (Å²) in [7, 11) is 0. The van der Waals surface area contributed by atoms with Crippen molar-refractivity contribution < 1.29 is 13.9 Å². The van der Waals surface area contributed by atoms with Crippen LogP contribution < -0.4 is 14.8 Å². The van der Waals surface area contributed by atoms with Crippen LogP contribution in [0.4, 0.5) is 10.2 Å². The minimum absolute atomic E-state index is 0.0250. The third-order valence-electron chi connectivity index (χ3n) is 4.82. The van der Waals surface area contributed by atoms with Crippen LogP contribution in [0.3, 0.4) is 0 Å². The highest BCUT2D eigenvalue weighted by Crippen LogP contribution is 2.32. The van der Waals surface area contributed by atoms with Gasteiger partial charge in [-0.3, -0.25) is 4.68 Å². The van der Waals surface area contributed by atoms with Crippen LogP contribution >= 0.6 is 0 Å². The third kappa shape index (κ3) is 5.94. The van der Waals surface area contributed by atoms with Gasteiger partial charge in [-0.1, -0.05) is 24.7 Å². The fourth-order valence-corrected chi connectivity index (χ4v) is 3.05. The second-order valence-corrected chi connectivity index (χ2v) is 7.35. The van der Waals surface area contributed by atoms with Gasteiger partial charge in [0.05, 0.1) is 0 Å². The molecule has 3 rings (SSSR count). The van der Waals surface area contributed by atoms with Crippen LogP contribution in [0.5, 0.6) is 17.2 Å². The molecule has 0 aliphatic heterocycles. The normalized spacial score (nSPS) is 11.6. The largest absolute Gasteiger partial charge is 0.488 e. The second-order valence-electron chi connectivity index (χ2n) is 7.35. The number of aryl methyl sites for hydroxylation is 2. The van der Waals surface area contributed by atoms with Crippen LogP contribution in [0, 0.1) is 17.6 Å². The monoisotopic (exact) mass is 438 g/mol. The van der Waals surface area contributed by atoms with Gasteiger partial charge in [0.1, 0.15) is 24.1 Å². The Morgan fingerprint density at radius 2 is 2.00 bits per heavy atom. The summed E-state index contributed by atoms with van der Waals surface area (Å²) in [5.41, 5.74) is 2.03. The molecular weight excluding hydrogens is 411 g/mol. The molecule has 0 saturated heterocycles. The highest BCUT2D eigenvalue weighted by Gasteiger charge is 2.14. The van der Waals surface area contributed by atoms with E-state index in [9.17, 15) is 9.30 Å². The molecule has 0 amide bonds. The predicted molar refractivity (Wildman–Crippen MR) is 124 cm³/mol. The molecule has 8 heteroatoms. The zero-order chi connectivity index (χ0) is 23.1. The Morgan fingerprint density at radius 3 is 2.66 bits per heavy atom. The van der Waals surface area contributed by atoms with E-state index in [1.54, 1.807) is 41.9 Å². The van der Waals surface area contributed by atoms with Gasteiger partial charge in [0.15, 0.2) is 17.4 Å². The van der Waals surface area contributed by atoms with E-state index in [1.165, 1.54) is 6.07 Å². The van der Waals surface area contributed by atoms with Gasteiger partial charge in [-0.15, -0.1) is 0 Å². The van der Waals surface area contributed by atoms with E-state index in [0.717, 1.165) is 12.1 Å². The Balaban J connectivity index is 1.91.